The molecule has 1 amide bonds. The number of nitrogens with zero attached hydrogens (tertiary/aromatic N) is 3. The minimum absolute atomic E-state index is 0.0631. The second-order valence-electron chi connectivity index (χ2n) is 5.95. The van der Waals surface area contributed by atoms with Gasteiger partial charge in [-0.1, -0.05) is 11.3 Å². The van der Waals surface area contributed by atoms with Crippen LogP contribution in [-0.2, 0) is 4.79 Å². The molecule has 0 radical (unpaired) electrons. The molecule has 29 heavy (non-hydrogen) atoms. The van der Waals surface area contributed by atoms with E-state index >= 15 is 0 Å². The second-order valence-corrected chi connectivity index (χ2v) is 8.03. The maximum Gasteiger partial charge on any atom is 0.573 e. The molecule has 7 nitrogen and oxygen atoms in total. The lowest BCUT2D eigenvalue weighted by molar-refractivity contribution is -0.384. The molecule has 2 aromatic carbocycles. The molecule has 1 fully saturated rings. The molecule has 12 heteroatoms. The quantitative estimate of drug-likeness (QED) is 0.424. The van der Waals surface area contributed by atoms with Gasteiger partial charge in [0, 0.05) is 18.2 Å². The summed E-state index contributed by atoms with van der Waals surface area (Å²) in [5.74, 6) is -0.376. The van der Waals surface area contributed by atoms with E-state index in [1.807, 2.05) is 0 Å². The Hall–Kier alpha value is -2.86. The first kappa shape index (κ1) is 19.5. The van der Waals surface area contributed by atoms with Crippen LogP contribution in [0.3, 0.4) is 0 Å². The van der Waals surface area contributed by atoms with Gasteiger partial charge in [0.05, 0.1) is 20.9 Å². The average molecular weight is 441 g/mol. The molecule has 3 aromatic rings. The molecular weight excluding hydrogens is 431 g/mol. The highest BCUT2D eigenvalue weighted by atomic mass is 32.2. The number of non-ortho nitro benzene ring substituents is 1. The zero-order chi connectivity index (χ0) is 20.8. The molecule has 1 saturated heterocycles. The average Bonchev–Trinajstić information content (AvgIpc) is 3.23. The highest BCUT2D eigenvalue weighted by Gasteiger charge is 2.36. The van der Waals surface area contributed by atoms with E-state index in [-0.39, 0.29) is 23.1 Å². The molecule has 0 saturated carbocycles. The van der Waals surface area contributed by atoms with Gasteiger partial charge in [0.2, 0.25) is 5.91 Å². The van der Waals surface area contributed by atoms with E-state index in [4.69, 9.17) is 0 Å². The Labute approximate surface area is 169 Å². The first-order chi connectivity index (χ1) is 13.7. The summed E-state index contributed by atoms with van der Waals surface area (Å²) in [6, 6.07) is 9.64. The number of fused-ring (bicyclic) bond motifs is 1. The number of benzene rings is 2. The van der Waals surface area contributed by atoms with Crippen molar-refractivity contribution in [2.45, 2.75) is 11.7 Å². The highest BCUT2D eigenvalue weighted by Crippen LogP contribution is 2.44. The van der Waals surface area contributed by atoms with Gasteiger partial charge in [0.15, 0.2) is 5.13 Å². The predicted molar refractivity (Wildman–Crippen MR) is 102 cm³/mol. The lowest BCUT2D eigenvalue weighted by Gasteiger charge is -2.21. The number of thioether (sulfide) groups is 1. The van der Waals surface area contributed by atoms with E-state index in [0.29, 0.717) is 20.9 Å². The van der Waals surface area contributed by atoms with Crippen molar-refractivity contribution in [3.8, 4) is 5.75 Å². The maximum atomic E-state index is 12.5. The first-order valence-corrected chi connectivity index (χ1v) is 9.92. The smallest absolute Gasteiger partial charge is 0.406 e. The summed E-state index contributed by atoms with van der Waals surface area (Å²) in [6.45, 7) is 0. The van der Waals surface area contributed by atoms with Gasteiger partial charge in [-0.25, -0.2) is 4.98 Å². The zero-order valence-electron chi connectivity index (χ0n) is 14.3. The van der Waals surface area contributed by atoms with E-state index in [9.17, 15) is 28.1 Å². The second kappa shape index (κ2) is 7.19. The molecular formula is C17H10F3N3O4S2. The van der Waals surface area contributed by atoms with Crippen molar-refractivity contribution in [1.29, 1.82) is 0 Å². The van der Waals surface area contributed by atoms with Crippen LogP contribution in [0.5, 0.6) is 5.75 Å². The Morgan fingerprint density at radius 2 is 1.93 bits per heavy atom. The summed E-state index contributed by atoms with van der Waals surface area (Å²) < 4.78 is 41.7. The van der Waals surface area contributed by atoms with Gasteiger partial charge in [-0.2, -0.15) is 0 Å². The van der Waals surface area contributed by atoms with Crippen LogP contribution in [0, 0.1) is 10.1 Å². The molecule has 2 heterocycles. The number of aromatic nitrogens is 1. The minimum Gasteiger partial charge on any atom is -0.406 e. The topological polar surface area (TPSA) is 85.6 Å². The van der Waals surface area contributed by atoms with E-state index in [1.54, 1.807) is 12.1 Å². The van der Waals surface area contributed by atoms with Crippen molar-refractivity contribution in [3.05, 3.63) is 58.1 Å². The Morgan fingerprint density at radius 1 is 1.21 bits per heavy atom. The van der Waals surface area contributed by atoms with E-state index in [0.717, 1.165) is 17.4 Å². The number of halogens is 3. The van der Waals surface area contributed by atoms with Crippen LogP contribution in [0.25, 0.3) is 10.2 Å². The highest BCUT2D eigenvalue weighted by molar-refractivity contribution is 8.00. The third kappa shape index (κ3) is 3.98. The van der Waals surface area contributed by atoms with Gasteiger partial charge in [-0.3, -0.25) is 19.8 Å². The molecule has 1 unspecified atom stereocenters. The van der Waals surface area contributed by atoms with Gasteiger partial charge >= 0.3 is 6.36 Å². The van der Waals surface area contributed by atoms with Crippen LogP contribution in [-0.4, -0.2) is 27.9 Å². The lowest BCUT2D eigenvalue weighted by Crippen LogP contribution is -2.27. The number of anilines is 1. The van der Waals surface area contributed by atoms with E-state index in [2.05, 4.69) is 9.72 Å². The number of hydrogen-bond donors (Lipinski definition) is 0. The monoisotopic (exact) mass is 441 g/mol. The van der Waals surface area contributed by atoms with Crippen molar-refractivity contribution in [2.24, 2.45) is 0 Å². The maximum absolute atomic E-state index is 12.5. The summed E-state index contributed by atoms with van der Waals surface area (Å²) in [5.41, 5.74) is 1.06. The van der Waals surface area contributed by atoms with Crippen LogP contribution >= 0.6 is 23.1 Å². The largest absolute Gasteiger partial charge is 0.573 e. The minimum atomic E-state index is -4.80. The van der Waals surface area contributed by atoms with Crippen LogP contribution < -0.4 is 9.64 Å². The zero-order valence-corrected chi connectivity index (χ0v) is 15.9. The number of rotatable bonds is 4. The summed E-state index contributed by atoms with van der Waals surface area (Å²) in [7, 11) is 0. The van der Waals surface area contributed by atoms with Crippen LogP contribution in [0.2, 0.25) is 0 Å². The summed E-state index contributed by atoms with van der Waals surface area (Å²) in [4.78, 5) is 28.6. The number of amides is 1. The Morgan fingerprint density at radius 3 is 2.59 bits per heavy atom. The number of ether oxygens (including phenoxy) is 1. The van der Waals surface area contributed by atoms with E-state index < -0.39 is 16.7 Å². The van der Waals surface area contributed by atoms with Crippen molar-refractivity contribution < 1.29 is 27.6 Å². The fraction of sp³-hybridized carbons (Fsp3) is 0.176. The number of thiazole rings is 1. The number of carbonyl (C=O) groups excluding carboxylic acids is 1. The number of carbonyl (C=O) groups is 1. The van der Waals surface area contributed by atoms with Gasteiger partial charge in [0.25, 0.3) is 5.69 Å². The summed E-state index contributed by atoms with van der Waals surface area (Å²) >= 11 is 2.41. The number of nitro groups is 1. The number of alkyl halides is 3. The predicted octanol–water partition coefficient (Wildman–Crippen LogP) is 4.88. The van der Waals surface area contributed by atoms with Crippen LogP contribution in [0.1, 0.15) is 10.9 Å². The van der Waals surface area contributed by atoms with Crippen molar-refractivity contribution in [1.82, 2.24) is 4.98 Å². The van der Waals surface area contributed by atoms with Gasteiger partial charge in [-0.05, 0) is 29.8 Å². The van der Waals surface area contributed by atoms with Gasteiger partial charge < -0.3 is 4.74 Å². The molecule has 1 atom stereocenters. The third-order valence-corrected chi connectivity index (χ3v) is 6.28. The Balaban J connectivity index is 1.66. The number of hydrogen-bond acceptors (Lipinski definition) is 7. The first-order valence-electron chi connectivity index (χ1n) is 8.05. The fourth-order valence-electron chi connectivity index (χ4n) is 2.83. The fourth-order valence-corrected chi connectivity index (χ4v) is 5.09. The Bertz CT molecular complexity index is 1100. The van der Waals surface area contributed by atoms with Gasteiger partial charge in [0.1, 0.15) is 11.1 Å². The van der Waals surface area contributed by atoms with Crippen LogP contribution in [0.15, 0.2) is 42.5 Å². The summed E-state index contributed by atoms with van der Waals surface area (Å²) in [5, 5.41) is 10.7. The molecule has 0 N–H and O–H groups in total. The van der Waals surface area contributed by atoms with E-state index in [1.165, 1.54) is 40.9 Å². The number of nitro benzene ring substituents is 1. The van der Waals surface area contributed by atoms with Gasteiger partial charge in [-0.15, -0.1) is 24.9 Å². The molecule has 4 rings (SSSR count). The molecule has 1 aliphatic rings. The van der Waals surface area contributed by atoms with Crippen molar-refractivity contribution in [2.75, 3.05) is 10.7 Å². The lowest BCUT2D eigenvalue weighted by atomic mass is 10.2. The SMILES string of the molecule is O=C1CSC(c2ccc([N+](=O)[O-])cc2)N1c1nc2ccc(OC(F)(F)F)cc2s1. The molecule has 1 aromatic heterocycles. The van der Waals surface area contributed by atoms with Crippen molar-refractivity contribution in [3.63, 3.8) is 0 Å². The van der Waals surface area contributed by atoms with Crippen molar-refractivity contribution >= 4 is 50.0 Å². The normalized spacial score (nSPS) is 17.1. The van der Waals surface area contributed by atoms with Crippen LogP contribution in [0.4, 0.5) is 24.0 Å². The molecule has 150 valence electrons. The Kier molecular flexibility index (Phi) is 4.82. The third-order valence-electron chi connectivity index (χ3n) is 4.05. The molecule has 0 aliphatic carbocycles. The molecule has 0 spiro atoms. The molecule has 0 bridgehead atoms. The summed E-state index contributed by atoms with van der Waals surface area (Å²) in [6.07, 6.45) is -4.80. The standard InChI is InChI=1S/C17H10F3N3O4S2/c18-17(19,20)27-11-5-6-12-13(7-11)29-16(21-12)22-14(24)8-28-15(22)9-1-3-10(4-2-9)23(25)26/h1-7,15H,8H2. The molecule has 1 aliphatic heterocycles.